The van der Waals surface area contributed by atoms with E-state index in [1.807, 2.05) is 13.8 Å². The summed E-state index contributed by atoms with van der Waals surface area (Å²) in [6.45, 7) is 7.70. The minimum atomic E-state index is -0.414. The van der Waals surface area contributed by atoms with Gasteiger partial charge in [-0.15, -0.1) is 0 Å². The number of rotatable bonds is 8. The van der Waals surface area contributed by atoms with Gasteiger partial charge in [0.15, 0.2) is 0 Å². The molecular weight excluding hydrogens is 280 g/mol. The summed E-state index contributed by atoms with van der Waals surface area (Å²) >= 11 is 0. The first kappa shape index (κ1) is 17.9. The molecule has 0 spiro atoms. The minimum absolute atomic E-state index is 0.0343. The topological polar surface area (TPSA) is 78.4 Å². The molecule has 1 atom stereocenters. The predicted molar refractivity (Wildman–Crippen MR) is 86.4 cm³/mol. The van der Waals surface area contributed by atoms with Crippen LogP contribution in [-0.4, -0.2) is 29.1 Å². The van der Waals surface area contributed by atoms with E-state index in [0.29, 0.717) is 18.5 Å². The van der Waals surface area contributed by atoms with Crippen LogP contribution in [0.15, 0.2) is 36.9 Å². The van der Waals surface area contributed by atoms with Crippen LogP contribution in [0.25, 0.3) is 0 Å². The second-order valence-electron chi connectivity index (χ2n) is 5.46. The van der Waals surface area contributed by atoms with Crippen molar-refractivity contribution in [2.75, 3.05) is 6.61 Å². The van der Waals surface area contributed by atoms with E-state index in [4.69, 9.17) is 5.11 Å². The van der Waals surface area contributed by atoms with Crippen LogP contribution < -0.4 is 10.6 Å². The van der Waals surface area contributed by atoms with Gasteiger partial charge in [-0.2, -0.15) is 0 Å². The largest absolute Gasteiger partial charge is 0.396 e. The highest BCUT2D eigenvalue weighted by molar-refractivity contribution is 5.94. The van der Waals surface area contributed by atoms with E-state index in [-0.39, 0.29) is 18.4 Å². The molecule has 0 heterocycles. The van der Waals surface area contributed by atoms with E-state index >= 15 is 0 Å². The van der Waals surface area contributed by atoms with Gasteiger partial charge in [0, 0.05) is 24.3 Å². The molecule has 0 saturated carbocycles. The summed E-state index contributed by atoms with van der Waals surface area (Å²) in [4.78, 5) is 23.3. The van der Waals surface area contributed by atoms with E-state index < -0.39 is 5.54 Å². The molecule has 0 radical (unpaired) electrons. The Morgan fingerprint density at radius 1 is 1.32 bits per heavy atom. The molecule has 2 amide bonds. The van der Waals surface area contributed by atoms with Crippen molar-refractivity contribution in [2.24, 2.45) is 0 Å². The molecule has 3 N–H and O–H groups in total. The van der Waals surface area contributed by atoms with Crippen LogP contribution in [0.3, 0.4) is 0 Å². The van der Waals surface area contributed by atoms with Gasteiger partial charge >= 0.3 is 0 Å². The summed E-state index contributed by atoms with van der Waals surface area (Å²) in [6, 6.07) is 7.04. The lowest BCUT2D eigenvalue weighted by Gasteiger charge is -2.29. The van der Waals surface area contributed by atoms with Crippen molar-refractivity contribution in [3.05, 3.63) is 48.0 Å². The van der Waals surface area contributed by atoms with Crippen molar-refractivity contribution in [2.45, 2.75) is 38.8 Å². The smallest absolute Gasteiger partial charge is 0.251 e. The molecule has 0 aliphatic heterocycles. The Balaban J connectivity index is 2.67. The summed E-state index contributed by atoms with van der Waals surface area (Å²) < 4.78 is 0. The number of carbonyl (C=O) groups excluding carboxylic acids is 2. The Labute approximate surface area is 131 Å². The average molecular weight is 304 g/mol. The maximum absolute atomic E-state index is 12.2. The number of aliphatic hydroxyl groups is 1. The van der Waals surface area contributed by atoms with Gasteiger partial charge in [-0.3, -0.25) is 9.59 Å². The van der Waals surface area contributed by atoms with Gasteiger partial charge in [0.2, 0.25) is 5.91 Å². The first-order chi connectivity index (χ1) is 10.4. The number of carbonyl (C=O) groups is 2. The fraction of sp³-hybridized carbons (Fsp3) is 0.412. The third-order valence-corrected chi connectivity index (χ3v) is 3.73. The molecule has 0 saturated heterocycles. The average Bonchev–Trinajstić information content (AvgIpc) is 2.53. The van der Waals surface area contributed by atoms with Crippen molar-refractivity contribution in [1.29, 1.82) is 0 Å². The molecule has 22 heavy (non-hydrogen) atoms. The maximum Gasteiger partial charge on any atom is 0.251 e. The second kappa shape index (κ2) is 8.34. The molecular formula is C17H24N2O3. The Bertz CT molecular complexity index is 525. The van der Waals surface area contributed by atoms with E-state index in [1.54, 1.807) is 24.3 Å². The number of benzene rings is 1. The molecule has 1 aromatic carbocycles. The monoisotopic (exact) mass is 304 g/mol. The van der Waals surface area contributed by atoms with Gasteiger partial charge in [0.05, 0.1) is 0 Å². The molecule has 0 bridgehead atoms. The molecule has 0 aliphatic carbocycles. The highest BCUT2D eigenvalue weighted by Crippen LogP contribution is 2.15. The lowest BCUT2D eigenvalue weighted by Crippen LogP contribution is -2.46. The van der Waals surface area contributed by atoms with Gasteiger partial charge in [-0.25, -0.2) is 0 Å². The SMILES string of the molecule is C=CC(=O)NCc1ccc(C(=O)NC(C)(CC)CCO)cc1. The van der Waals surface area contributed by atoms with Crippen molar-refractivity contribution < 1.29 is 14.7 Å². The Kier molecular flexibility index (Phi) is 6.79. The van der Waals surface area contributed by atoms with E-state index in [1.165, 1.54) is 6.08 Å². The molecule has 1 rings (SSSR count). The molecule has 0 aliphatic rings. The first-order valence-corrected chi connectivity index (χ1v) is 7.36. The standard InChI is InChI=1S/C17H24N2O3/c1-4-15(21)18-12-13-6-8-14(9-7-13)16(22)19-17(3,5-2)10-11-20/h4,6-9,20H,1,5,10-12H2,2-3H3,(H,18,21)(H,19,22). The quantitative estimate of drug-likeness (QED) is 0.640. The Morgan fingerprint density at radius 3 is 2.45 bits per heavy atom. The van der Waals surface area contributed by atoms with Crippen molar-refractivity contribution in [1.82, 2.24) is 10.6 Å². The summed E-state index contributed by atoms with van der Waals surface area (Å²) in [5.74, 6) is -0.399. The molecule has 120 valence electrons. The number of hydrogen-bond donors (Lipinski definition) is 3. The lowest BCUT2D eigenvalue weighted by molar-refractivity contribution is -0.116. The maximum atomic E-state index is 12.2. The van der Waals surface area contributed by atoms with Crippen LogP contribution in [0.1, 0.15) is 42.6 Å². The zero-order valence-electron chi connectivity index (χ0n) is 13.2. The molecule has 1 unspecified atom stereocenters. The molecule has 5 nitrogen and oxygen atoms in total. The second-order valence-corrected chi connectivity index (χ2v) is 5.46. The van der Waals surface area contributed by atoms with Gasteiger partial charge < -0.3 is 15.7 Å². The van der Waals surface area contributed by atoms with Crippen LogP contribution in [0.4, 0.5) is 0 Å². The van der Waals surface area contributed by atoms with Gasteiger partial charge in [-0.05, 0) is 43.5 Å². The Hall–Kier alpha value is -2.14. The highest BCUT2D eigenvalue weighted by atomic mass is 16.3. The van der Waals surface area contributed by atoms with Crippen LogP contribution in [0, 0.1) is 0 Å². The van der Waals surface area contributed by atoms with Crippen LogP contribution >= 0.6 is 0 Å². The van der Waals surface area contributed by atoms with Crippen molar-refractivity contribution in [3.63, 3.8) is 0 Å². The Morgan fingerprint density at radius 2 is 1.95 bits per heavy atom. The summed E-state index contributed by atoms with van der Waals surface area (Å²) in [7, 11) is 0. The number of nitrogens with one attached hydrogen (secondary N) is 2. The number of amides is 2. The third kappa shape index (κ3) is 5.33. The third-order valence-electron chi connectivity index (χ3n) is 3.73. The first-order valence-electron chi connectivity index (χ1n) is 7.36. The predicted octanol–water partition coefficient (Wildman–Crippen LogP) is 1.77. The number of hydrogen-bond acceptors (Lipinski definition) is 3. The fourth-order valence-electron chi connectivity index (χ4n) is 1.96. The van der Waals surface area contributed by atoms with Gasteiger partial charge in [0.1, 0.15) is 0 Å². The number of aliphatic hydroxyl groups excluding tert-OH is 1. The zero-order valence-corrected chi connectivity index (χ0v) is 13.2. The molecule has 5 heteroatoms. The van der Waals surface area contributed by atoms with Crippen LogP contribution in [0.2, 0.25) is 0 Å². The lowest BCUT2D eigenvalue weighted by atomic mass is 9.94. The minimum Gasteiger partial charge on any atom is -0.396 e. The fourth-order valence-corrected chi connectivity index (χ4v) is 1.96. The van der Waals surface area contributed by atoms with Crippen LogP contribution in [-0.2, 0) is 11.3 Å². The highest BCUT2D eigenvalue weighted by Gasteiger charge is 2.24. The molecule has 0 fully saturated rings. The van der Waals surface area contributed by atoms with Crippen molar-refractivity contribution in [3.8, 4) is 0 Å². The molecule has 0 aromatic heterocycles. The zero-order chi connectivity index (χ0) is 16.6. The van der Waals surface area contributed by atoms with E-state index in [0.717, 1.165) is 12.0 Å². The summed E-state index contributed by atoms with van der Waals surface area (Å²) in [6.07, 6.45) is 2.47. The molecule has 1 aromatic rings. The summed E-state index contributed by atoms with van der Waals surface area (Å²) in [5, 5.41) is 14.7. The normalized spacial score (nSPS) is 13.0. The van der Waals surface area contributed by atoms with Gasteiger partial charge in [-0.1, -0.05) is 25.6 Å². The van der Waals surface area contributed by atoms with Crippen LogP contribution in [0.5, 0.6) is 0 Å². The summed E-state index contributed by atoms with van der Waals surface area (Å²) in [5.41, 5.74) is 1.04. The van der Waals surface area contributed by atoms with E-state index in [9.17, 15) is 9.59 Å². The van der Waals surface area contributed by atoms with E-state index in [2.05, 4.69) is 17.2 Å². The van der Waals surface area contributed by atoms with Crippen molar-refractivity contribution >= 4 is 11.8 Å². The van der Waals surface area contributed by atoms with Gasteiger partial charge in [0.25, 0.3) is 5.91 Å².